The average molecular weight is 391 g/mol. The molecule has 2 aliphatic rings. The van der Waals surface area contributed by atoms with Crippen molar-refractivity contribution in [1.29, 1.82) is 0 Å². The van der Waals surface area contributed by atoms with E-state index in [1.54, 1.807) is 35.4 Å². The van der Waals surface area contributed by atoms with Crippen molar-refractivity contribution in [3.63, 3.8) is 0 Å². The van der Waals surface area contributed by atoms with Gasteiger partial charge >= 0.3 is 0 Å². The van der Waals surface area contributed by atoms with E-state index < -0.39 is 0 Å². The van der Waals surface area contributed by atoms with Gasteiger partial charge in [0.15, 0.2) is 0 Å². The van der Waals surface area contributed by atoms with Crippen LogP contribution in [0.2, 0.25) is 0 Å². The van der Waals surface area contributed by atoms with E-state index in [9.17, 15) is 14.0 Å². The molecule has 29 heavy (non-hydrogen) atoms. The summed E-state index contributed by atoms with van der Waals surface area (Å²) in [5.74, 6) is 0.335. The molecule has 4 rings (SSSR count). The van der Waals surface area contributed by atoms with Crippen LogP contribution in [-0.4, -0.2) is 34.8 Å². The summed E-state index contributed by atoms with van der Waals surface area (Å²) < 4.78 is 13.0. The largest absolute Gasteiger partial charge is 0.335 e. The zero-order valence-corrected chi connectivity index (χ0v) is 16.0. The van der Waals surface area contributed by atoms with Crippen LogP contribution in [0.5, 0.6) is 0 Å². The first-order valence-electron chi connectivity index (χ1n) is 9.75. The lowest BCUT2D eigenvalue weighted by molar-refractivity contribution is -0.125. The van der Waals surface area contributed by atoms with Gasteiger partial charge in [0.1, 0.15) is 11.6 Å². The number of amides is 2. The van der Waals surface area contributed by atoms with Gasteiger partial charge in [-0.25, -0.2) is 9.37 Å². The monoisotopic (exact) mass is 391 g/mol. The zero-order valence-electron chi connectivity index (χ0n) is 16.0. The van der Waals surface area contributed by atoms with Gasteiger partial charge in [-0.2, -0.15) is 0 Å². The number of pyridine rings is 1. The minimum absolute atomic E-state index is 0.0135. The van der Waals surface area contributed by atoms with Crippen molar-refractivity contribution in [3.05, 3.63) is 76.8 Å². The van der Waals surface area contributed by atoms with Gasteiger partial charge in [-0.3, -0.25) is 9.59 Å². The van der Waals surface area contributed by atoms with Crippen LogP contribution in [0.15, 0.2) is 54.3 Å². The smallest absolute Gasteiger partial charge is 0.246 e. The van der Waals surface area contributed by atoms with Gasteiger partial charge in [0, 0.05) is 31.8 Å². The minimum Gasteiger partial charge on any atom is -0.335 e. The molecule has 5 nitrogen and oxygen atoms in total. The number of aromatic nitrogens is 1. The molecule has 0 unspecified atom stereocenters. The lowest BCUT2D eigenvalue weighted by Gasteiger charge is -2.25. The van der Waals surface area contributed by atoms with Crippen molar-refractivity contribution in [3.8, 4) is 0 Å². The van der Waals surface area contributed by atoms with Gasteiger partial charge in [0.05, 0.1) is 0 Å². The third-order valence-electron chi connectivity index (χ3n) is 5.24. The van der Waals surface area contributed by atoms with Crippen LogP contribution < -0.4 is 5.32 Å². The van der Waals surface area contributed by atoms with Crippen LogP contribution in [0.4, 0.5) is 10.2 Å². The van der Waals surface area contributed by atoms with E-state index in [0.29, 0.717) is 31.7 Å². The molecule has 3 heterocycles. The van der Waals surface area contributed by atoms with Gasteiger partial charge in [-0.1, -0.05) is 23.8 Å². The van der Waals surface area contributed by atoms with Gasteiger partial charge < -0.3 is 10.2 Å². The molecule has 0 bridgehead atoms. The quantitative estimate of drug-likeness (QED) is 0.641. The predicted octanol–water partition coefficient (Wildman–Crippen LogP) is 3.52. The molecule has 2 amide bonds. The lowest BCUT2D eigenvalue weighted by atomic mass is 9.99. The van der Waals surface area contributed by atoms with Crippen LogP contribution >= 0.6 is 0 Å². The Morgan fingerprint density at radius 1 is 1.21 bits per heavy atom. The fraction of sp³-hybridized carbons (Fsp3) is 0.261. The molecular weight excluding hydrogens is 369 g/mol. The molecule has 0 saturated heterocycles. The molecule has 0 atom stereocenters. The van der Waals surface area contributed by atoms with E-state index in [2.05, 4.69) is 16.4 Å². The lowest BCUT2D eigenvalue weighted by Crippen LogP contribution is -2.33. The van der Waals surface area contributed by atoms with Crippen LogP contribution in [0.25, 0.3) is 6.08 Å². The molecule has 0 radical (unpaired) electrons. The van der Waals surface area contributed by atoms with Crippen LogP contribution in [-0.2, 0) is 22.4 Å². The molecule has 0 fully saturated rings. The first-order chi connectivity index (χ1) is 14.1. The molecule has 2 aliphatic heterocycles. The number of nitrogens with one attached hydrogen (secondary N) is 1. The van der Waals surface area contributed by atoms with E-state index >= 15 is 0 Å². The van der Waals surface area contributed by atoms with Crippen molar-refractivity contribution in [2.45, 2.75) is 25.7 Å². The second kappa shape index (κ2) is 8.39. The molecule has 1 aromatic heterocycles. The van der Waals surface area contributed by atoms with E-state index in [1.165, 1.54) is 17.7 Å². The molecule has 2 aromatic rings. The summed E-state index contributed by atoms with van der Waals surface area (Å²) in [6.45, 7) is 1.25. The highest BCUT2D eigenvalue weighted by Crippen LogP contribution is 2.22. The number of carbonyl (C=O) groups excluding carboxylic acids is 2. The highest BCUT2D eigenvalue weighted by atomic mass is 19.1. The normalized spacial score (nSPS) is 16.4. The number of halogens is 1. The molecule has 0 aliphatic carbocycles. The SMILES string of the molecule is O=C1CCc2cc(/C=C/C(=O)N3CC=C(Cc4ccc(F)cc4)CC3)cnc2N1. The Morgan fingerprint density at radius 3 is 2.79 bits per heavy atom. The Morgan fingerprint density at radius 2 is 2.03 bits per heavy atom. The molecule has 1 N–H and O–H groups in total. The number of nitrogens with zero attached hydrogens (tertiary/aromatic N) is 2. The van der Waals surface area contributed by atoms with Crippen molar-refractivity contribution >= 4 is 23.7 Å². The Bertz CT molecular complexity index is 996. The fourth-order valence-electron chi connectivity index (χ4n) is 3.58. The number of hydrogen-bond donors (Lipinski definition) is 1. The maximum atomic E-state index is 13.0. The second-order valence-electron chi connectivity index (χ2n) is 7.36. The molecule has 0 saturated carbocycles. The highest BCUT2D eigenvalue weighted by molar-refractivity contribution is 5.94. The van der Waals surface area contributed by atoms with Crippen LogP contribution in [0.3, 0.4) is 0 Å². The zero-order chi connectivity index (χ0) is 20.2. The number of carbonyl (C=O) groups is 2. The van der Waals surface area contributed by atoms with E-state index in [-0.39, 0.29) is 17.6 Å². The van der Waals surface area contributed by atoms with Crippen LogP contribution in [0.1, 0.15) is 29.5 Å². The summed E-state index contributed by atoms with van der Waals surface area (Å²) in [5, 5.41) is 2.75. The standard InChI is InChI=1S/C23H22FN3O2/c24-20-5-1-16(2-6-20)13-17-9-11-27(12-10-17)22(29)8-3-18-14-19-4-7-21(28)26-23(19)25-15-18/h1-3,5-6,8-9,14-15H,4,7,10-13H2,(H,25,26,28)/b8-3+. The number of aryl methyl sites for hydroxylation is 1. The second-order valence-corrected chi connectivity index (χ2v) is 7.36. The first kappa shape index (κ1) is 19.1. The van der Waals surface area contributed by atoms with Gasteiger partial charge in [-0.15, -0.1) is 0 Å². The van der Waals surface area contributed by atoms with Crippen molar-refractivity contribution in [2.75, 3.05) is 18.4 Å². The molecule has 0 spiro atoms. The summed E-state index contributed by atoms with van der Waals surface area (Å²) >= 11 is 0. The van der Waals surface area contributed by atoms with E-state index in [4.69, 9.17) is 0 Å². The minimum atomic E-state index is -0.228. The molecule has 6 heteroatoms. The van der Waals surface area contributed by atoms with E-state index in [1.807, 2.05) is 6.07 Å². The topological polar surface area (TPSA) is 62.3 Å². The Kier molecular flexibility index (Phi) is 5.51. The number of hydrogen-bond acceptors (Lipinski definition) is 3. The van der Waals surface area contributed by atoms with Gasteiger partial charge in [0.25, 0.3) is 0 Å². The number of fused-ring (bicyclic) bond motifs is 1. The summed E-state index contributed by atoms with van der Waals surface area (Å²) in [6, 6.07) is 8.51. The average Bonchev–Trinajstić information content (AvgIpc) is 2.74. The predicted molar refractivity (Wildman–Crippen MR) is 110 cm³/mol. The van der Waals surface area contributed by atoms with Crippen LogP contribution in [0, 0.1) is 5.82 Å². The molecule has 148 valence electrons. The molecular formula is C23H22FN3O2. The fourth-order valence-corrected chi connectivity index (χ4v) is 3.58. The number of anilines is 1. The Labute approximate surface area is 168 Å². The van der Waals surface area contributed by atoms with E-state index in [0.717, 1.165) is 29.5 Å². The maximum absolute atomic E-state index is 13.0. The summed E-state index contributed by atoms with van der Waals surface area (Å²) in [6.07, 6.45) is 9.81. The highest BCUT2D eigenvalue weighted by Gasteiger charge is 2.17. The van der Waals surface area contributed by atoms with Gasteiger partial charge in [0.2, 0.25) is 11.8 Å². The van der Waals surface area contributed by atoms with Gasteiger partial charge in [-0.05, 0) is 60.2 Å². The summed E-state index contributed by atoms with van der Waals surface area (Å²) in [7, 11) is 0. The maximum Gasteiger partial charge on any atom is 0.246 e. The van der Waals surface area contributed by atoms with Crippen molar-refractivity contribution < 1.29 is 14.0 Å². The Hall–Kier alpha value is -3.28. The van der Waals surface area contributed by atoms with Crippen molar-refractivity contribution in [2.24, 2.45) is 0 Å². The Balaban J connectivity index is 1.34. The number of rotatable bonds is 4. The number of benzene rings is 1. The summed E-state index contributed by atoms with van der Waals surface area (Å²) in [4.78, 5) is 30.0. The molecule has 1 aromatic carbocycles. The summed E-state index contributed by atoms with van der Waals surface area (Å²) in [5.41, 5.74) is 4.18. The third kappa shape index (κ3) is 4.77. The third-order valence-corrected chi connectivity index (χ3v) is 5.24. The van der Waals surface area contributed by atoms with Crippen molar-refractivity contribution in [1.82, 2.24) is 9.88 Å². The first-order valence-corrected chi connectivity index (χ1v) is 9.75.